The topological polar surface area (TPSA) is 58.2 Å². The number of rotatable bonds is 4. The lowest BCUT2D eigenvalue weighted by atomic mass is 10.2. The van der Waals surface area contributed by atoms with E-state index in [0.29, 0.717) is 21.4 Å². The molecule has 0 saturated carbocycles. The van der Waals surface area contributed by atoms with Gasteiger partial charge < -0.3 is 10.6 Å². The van der Waals surface area contributed by atoms with Crippen LogP contribution >= 0.6 is 23.2 Å². The first-order valence-corrected chi connectivity index (χ1v) is 7.31. The Labute approximate surface area is 138 Å². The summed E-state index contributed by atoms with van der Waals surface area (Å²) < 4.78 is 0. The number of carbonyl (C=O) groups excluding carboxylic acids is 2. The van der Waals surface area contributed by atoms with E-state index in [-0.39, 0.29) is 6.42 Å². The first kappa shape index (κ1) is 16.3. The first-order chi connectivity index (χ1) is 10.4. The number of nitrogens with one attached hydrogen (secondary N) is 2. The van der Waals surface area contributed by atoms with Crippen molar-refractivity contribution < 1.29 is 9.59 Å². The maximum Gasteiger partial charge on any atom is 0.233 e. The summed E-state index contributed by atoms with van der Waals surface area (Å²) in [4.78, 5) is 23.7. The minimum absolute atomic E-state index is 0.283. The Kier molecular flexibility index (Phi) is 5.41. The van der Waals surface area contributed by atoms with Gasteiger partial charge in [0.15, 0.2) is 0 Å². The van der Waals surface area contributed by atoms with E-state index in [1.165, 1.54) is 0 Å². The fourth-order valence-electron chi connectivity index (χ4n) is 1.81. The van der Waals surface area contributed by atoms with Crippen molar-refractivity contribution in [1.82, 2.24) is 0 Å². The van der Waals surface area contributed by atoms with Crippen LogP contribution in [0, 0.1) is 6.92 Å². The molecular weight excluding hydrogens is 323 g/mol. The highest BCUT2D eigenvalue weighted by Gasteiger charge is 2.11. The molecule has 2 N–H and O–H groups in total. The summed E-state index contributed by atoms with van der Waals surface area (Å²) in [6.07, 6.45) is -0.283. The van der Waals surface area contributed by atoms with Crippen LogP contribution in [0.1, 0.15) is 12.0 Å². The van der Waals surface area contributed by atoms with Crippen molar-refractivity contribution in [3.8, 4) is 0 Å². The molecule has 6 heteroatoms. The van der Waals surface area contributed by atoms with Crippen molar-refractivity contribution in [1.29, 1.82) is 0 Å². The summed E-state index contributed by atoms with van der Waals surface area (Å²) in [5.74, 6) is -0.809. The van der Waals surface area contributed by atoms with Gasteiger partial charge in [0.05, 0.1) is 0 Å². The van der Waals surface area contributed by atoms with Gasteiger partial charge >= 0.3 is 0 Å². The van der Waals surface area contributed by atoms with Crippen LogP contribution in [0.3, 0.4) is 0 Å². The Bertz CT molecular complexity index is 700. The molecule has 0 heterocycles. The number of hydrogen-bond donors (Lipinski definition) is 2. The Morgan fingerprint density at radius 1 is 0.909 bits per heavy atom. The lowest BCUT2D eigenvalue weighted by Gasteiger charge is -2.09. The molecule has 0 aromatic heterocycles. The maximum atomic E-state index is 11.9. The van der Waals surface area contributed by atoms with Crippen LogP contribution in [0.2, 0.25) is 10.0 Å². The van der Waals surface area contributed by atoms with Crippen LogP contribution < -0.4 is 10.6 Å². The molecule has 2 aromatic rings. The number of benzene rings is 2. The van der Waals surface area contributed by atoms with Gasteiger partial charge in [-0.15, -0.1) is 0 Å². The largest absolute Gasteiger partial charge is 0.326 e. The van der Waals surface area contributed by atoms with E-state index in [1.54, 1.807) is 42.5 Å². The van der Waals surface area contributed by atoms with Crippen LogP contribution in [0.4, 0.5) is 11.4 Å². The molecule has 0 saturated heterocycles. The molecular formula is C16H14Cl2N2O2. The van der Waals surface area contributed by atoms with E-state index in [1.807, 2.05) is 6.92 Å². The van der Waals surface area contributed by atoms with Gasteiger partial charge in [0.2, 0.25) is 11.8 Å². The zero-order valence-electron chi connectivity index (χ0n) is 11.8. The van der Waals surface area contributed by atoms with Crippen molar-refractivity contribution >= 4 is 46.4 Å². The summed E-state index contributed by atoms with van der Waals surface area (Å²) in [6.45, 7) is 1.85. The van der Waals surface area contributed by atoms with E-state index in [2.05, 4.69) is 10.6 Å². The van der Waals surface area contributed by atoms with Crippen LogP contribution in [0.15, 0.2) is 42.5 Å². The zero-order chi connectivity index (χ0) is 16.1. The number of hydrogen-bond acceptors (Lipinski definition) is 2. The maximum absolute atomic E-state index is 11.9. The van der Waals surface area contributed by atoms with E-state index in [0.717, 1.165) is 5.56 Å². The first-order valence-electron chi connectivity index (χ1n) is 6.55. The van der Waals surface area contributed by atoms with Crippen molar-refractivity contribution in [2.24, 2.45) is 0 Å². The van der Waals surface area contributed by atoms with Crippen LogP contribution in [0.5, 0.6) is 0 Å². The Morgan fingerprint density at radius 2 is 1.50 bits per heavy atom. The molecule has 2 rings (SSSR count). The Hall–Kier alpha value is -2.04. The number of aryl methyl sites for hydroxylation is 1. The van der Waals surface area contributed by atoms with E-state index >= 15 is 0 Å². The highest BCUT2D eigenvalue weighted by Crippen LogP contribution is 2.20. The molecule has 0 radical (unpaired) electrons. The lowest BCUT2D eigenvalue weighted by Crippen LogP contribution is -2.21. The van der Waals surface area contributed by atoms with E-state index < -0.39 is 11.8 Å². The van der Waals surface area contributed by atoms with Gasteiger partial charge in [0, 0.05) is 21.4 Å². The van der Waals surface area contributed by atoms with Crippen molar-refractivity contribution in [3.05, 3.63) is 58.1 Å². The van der Waals surface area contributed by atoms with Gasteiger partial charge in [-0.2, -0.15) is 0 Å². The molecule has 0 unspecified atom stereocenters. The lowest BCUT2D eigenvalue weighted by molar-refractivity contribution is -0.123. The van der Waals surface area contributed by atoms with Gasteiger partial charge in [-0.25, -0.2) is 0 Å². The minimum Gasteiger partial charge on any atom is -0.326 e. The van der Waals surface area contributed by atoms with Crippen LogP contribution in [-0.4, -0.2) is 11.8 Å². The van der Waals surface area contributed by atoms with Gasteiger partial charge in [0.1, 0.15) is 6.42 Å². The zero-order valence-corrected chi connectivity index (χ0v) is 13.3. The molecule has 0 spiro atoms. The van der Waals surface area contributed by atoms with Gasteiger partial charge in [0.25, 0.3) is 0 Å². The predicted octanol–water partition coefficient (Wildman–Crippen LogP) is 4.27. The summed E-state index contributed by atoms with van der Waals surface area (Å²) in [7, 11) is 0. The SMILES string of the molecule is Cc1ccc(Cl)cc1NC(=O)CC(=O)Nc1ccc(Cl)cc1. The average Bonchev–Trinajstić information content (AvgIpc) is 2.45. The predicted molar refractivity (Wildman–Crippen MR) is 89.5 cm³/mol. The number of anilines is 2. The van der Waals surface area contributed by atoms with Gasteiger partial charge in [-0.1, -0.05) is 29.3 Å². The second kappa shape index (κ2) is 7.29. The number of amides is 2. The Balaban J connectivity index is 1.92. The molecule has 114 valence electrons. The smallest absolute Gasteiger partial charge is 0.233 e. The fourth-order valence-corrected chi connectivity index (χ4v) is 2.11. The second-order valence-corrected chi connectivity index (χ2v) is 5.61. The molecule has 0 aliphatic heterocycles. The van der Waals surface area contributed by atoms with Crippen molar-refractivity contribution in [3.63, 3.8) is 0 Å². The Morgan fingerprint density at radius 3 is 2.18 bits per heavy atom. The second-order valence-electron chi connectivity index (χ2n) is 4.74. The van der Waals surface area contributed by atoms with E-state index in [4.69, 9.17) is 23.2 Å². The highest BCUT2D eigenvalue weighted by atomic mass is 35.5. The average molecular weight is 337 g/mol. The third kappa shape index (κ3) is 4.76. The highest BCUT2D eigenvalue weighted by molar-refractivity contribution is 6.31. The van der Waals surface area contributed by atoms with Gasteiger partial charge in [-0.05, 0) is 48.9 Å². The molecule has 0 fully saturated rings. The summed E-state index contributed by atoms with van der Waals surface area (Å²) in [5, 5.41) is 6.39. The third-order valence-corrected chi connectivity index (χ3v) is 3.41. The monoisotopic (exact) mass is 336 g/mol. The molecule has 22 heavy (non-hydrogen) atoms. The normalized spacial score (nSPS) is 10.1. The molecule has 4 nitrogen and oxygen atoms in total. The summed E-state index contributed by atoms with van der Waals surface area (Å²) >= 11 is 11.6. The summed E-state index contributed by atoms with van der Waals surface area (Å²) in [6, 6.07) is 11.8. The molecule has 0 aliphatic carbocycles. The minimum atomic E-state index is -0.406. The fraction of sp³-hybridized carbons (Fsp3) is 0.125. The standard InChI is InChI=1S/C16H14Cl2N2O2/c1-10-2-3-12(18)8-14(10)20-16(22)9-15(21)19-13-6-4-11(17)5-7-13/h2-8H,9H2,1H3,(H,19,21)(H,20,22). The molecule has 2 amide bonds. The van der Waals surface area contributed by atoms with E-state index in [9.17, 15) is 9.59 Å². The van der Waals surface area contributed by atoms with Crippen molar-refractivity contribution in [2.45, 2.75) is 13.3 Å². The van der Waals surface area contributed by atoms with Gasteiger partial charge in [-0.3, -0.25) is 9.59 Å². The number of halogens is 2. The molecule has 0 aliphatic rings. The number of carbonyl (C=O) groups is 2. The van der Waals surface area contributed by atoms with Crippen LogP contribution in [-0.2, 0) is 9.59 Å². The van der Waals surface area contributed by atoms with Crippen molar-refractivity contribution in [2.75, 3.05) is 10.6 Å². The molecule has 0 bridgehead atoms. The molecule has 2 aromatic carbocycles. The summed E-state index contributed by atoms with van der Waals surface area (Å²) in [5.41, 5.74) is 2.05. The third-order valence-electron chi connectivity index (χ3n) is 2.92. The molecule has 0 atom stereocenters. The van der Waals surface area contributed by atoms with Crippen LogP contribution in [0.25, 0.3) is 0 Å². The quantitative estimate of drug-likeness (QED) is 0.819.